The van der Waals surface area contributed by atoms with Crippen LogP contribution in [0.1, 0.15) is 11.1 Å². The molecule has 0 aliphatic carbocycles. The van der Waals surface area contributed by atoms with Crippen molar-refractivity contribution in [2.24, 2.45) is 4.99 Å². The number of hydrogen-bond donors (Lipinski definition) is 0. The first kappa shape index (κ1) is 22.4. The second-order valence-electron chi connectivity index (χ2n) is 8.12. The number of halogens is 1. The van der Waals surface area contributed by atoms with Gasteiger partial charge in [-0.1, -0.05) is 23.8 Å². The highest BCUT2D eigenvalue weighted by Crippen LogP contribution is 2.37. The topological polar surface area (TPSA) is 56.2 Å². The first-order valence-electron chi connectivity index (χ1n) is 11.1. The molecule has 0 fully saturated rings. The number of benzene rings is 3. The summed E-state index contributed by atoms with van der Waals surface area (Å²) in [4.78, 5) is 10.8. The number of aryl methyl sites for hydroxylation is 1. The fourth-order valence-corrected chi connectivity index (χ4v) is 3.93. The number of ether oxygens (including phenoxy) is 3. The fraction of sp³-hybridized carbons (Fsp3) is 0.143. The maximum atomic E-state index is 15.1. The van der Waals surface area contributed by atoms with Gasteiger partial charge in [-0.05, 0) is 48.9 Å². The van der Waals surface area contributed by atoms with Crippen LogP contribution in [0.25, 0.3) is 16.5 Å². The fourth-order valence-electron chi connectivity index (χ4n) is 3.93. The van der Waals surface area contributed by atoms with Crippen molar-refractivity contribution >= 4 is 28.4 Å². The van der Waals surface area contributed by atoms with Crippen molar-refractivity contribution in [2.75, 3.05) is 25.8 Å². The van der Waals surface area contributed by atoms with E-state index >= 15 is 4.39 Å². The highest BCUT2D eigenvalue weighted by molar-refractivity contribution is 6.11. The number of aliphatic imine (C=N–C) groups is 1. The maximum absolute atomic E-state index is 15.1. The summed E-state index contributed by atoms with van der Waals surface area (Å²) in [5.74, 6) is 1.19. The molecule has 1 aromatic heterocycles. The predicted molar refractivity (Wildman–Crippen MR) is 136 cm³/mol. The molecule has 0 saturated carbocycles. The Morgan fingerprint density at radius 1 is 0.857 bits per heavy atom. The van der Waals surface area contributed by atoms with Crippen LogP contribution in [0.3, 0.4) is 0 Å². The third-order valence-corrected chi connectivity index (χ3v) is 5.82. The summed E-state index contributed by atoms with van der Waals surface area (Å²) in [5.41, 5.74) is 4.39. The van der Waals surface area contributed by atoms with Crippen LogP contribution >= 0.6 is 0 Å². The minimum Gasteiger partial charge on any atom is -0.493 e. The van der Waals surface area contributed by atoms with Crippen LogP contribution in [0.2, 0.25) is 0 Å². The van der Waals surface area contributed by atoms with E-state index in [-0.39, 0.29) is 5.75 Å². The molecule has 3 aromatic carbocycles. The molecule has 176 valence electrons. The Hall–Kier alpha value is -4.39. The molecule has 35 heavy (non-hydrogen) atoms. The first-order chi connectivity index (χ1) is 17.1. The van der Waals surface area contributed by atoms with E-state index in [1.807, 2.05) is 36.2 Å². The molecule has 7 heteroatoms. The van der Waals surface area contributed by atoms with Gasteiger partial charge in [-0.15, -0.1) is 0 Å². The molecule has 1 aliphatic heterocycles. The number of fused-ring (bicyclic) bond motifs is 1. The van der Waals surface area contributed by atoms with Gasteiger partial charge in [0.1, 0.15) is 12.4 Å². The van der Waals surface area contributed by atoms with Gasteiger partial charge in [0.25, 0.3) is 0 Å². The van der Waals surface area contributed by atoms with E-state index in [4.69, 9.17) is 14.2 Å². The standard InChI is InChI=1S/C28H24FN3O3/c1-18-4-7-21(8-5-18)32-16-20(15-30-17-32)19-6-9-26(23(29)12-19)35-25-10-11-31-24-14-28(34-3)27(33-2)13-22(24)25/h4-16H,17H2,1-3H3. The van der Waals surface area contributed by atoms with Gasteiger partial charge in [0.05, 0.1) is 19.7 Å². The quantitative estimate of drug-likeness (QED) is 0.328. The van der Waals surface area contributed by atoms with E-state index in [1.54, 1.807) is 50.9 Å². The van der Waals surface area contributed by atoms with Gasteiger partial charge in [-0.2, -0.15) is 0 Å². The summed E-state index contributed by atoms with van der Waals surface area (Å²) in [6, 6.07) is 18.3. The average molecular weight is 470 g/mol. The molecule has 6 nitrogen and oxygen atoms in total. The lowest BCUT2D eigenvalue weighted by molar-refractivity contribution is 0.355. The van der Waals surface area contributed by atoms with Gasteiger partial charge < -0.3 is 19.1 Å². The van der Waals surface area contributed by atoms with Gasteiger partial charge in [-0.25, -0.2) is 4.39 Å². The van der Waals surface area contributed by atoms with Gasteiger partial charge in [-0.3, -0.25) is 9.98 Å². The smallest absolute Gasteiger partial charge is 0.166 e. The Kier molecular flexibility index (Phi) is 6.06. The van der Waals surface area contributed by atoms with Crippen molar-refractivity contribution in [1.29, 1.82) is 0 Å². The zero-order chi connectivity index (χ0) is 24.4. The van der Waals surface area contributed by atoms with E-state index in [0.29, 0.717) is 40.4 Å². The molecule has 0 unspecified atom stereocenters. The molecule has 1 aliphatic rings. The van der Waals surface area contributed by atoms with Crippen LogP contribution in [-0.4, -0.2) is 32.1 Å². The van der Waals surface area contributed by atoms with E-state index < -0.39 is 5.82 Å². The molecular weight excluding hydrogens is 445 g/mol. The molecule has 0 bridgehead atoms. The van der Waals surface area contributed by atoms with Crippen LogP contribution in [0, 0.1) is 12.7 Å². The van der Waals surface area contributed by atoms with Crippen LogP contribution in [0.4, 0.5) is 10.1 Å². The third kappa shape index (κ3) is 4.53. The molecule has 0 amide bonds. The van der Waals surface area contributed by atoms with Crippen LogP contribution in [-0.2, 0) is 0 Å². The summed E-state index contributed by atoms with van der Waals surface area (Å²) in [6.45, 7) is 2.56. The Bertz CT molecular complexity index is 1450. The number of hydrogen-bond acceptors (Lipinski definition) is 6. The summed E-state index contributed by atoms with van der Waals surface area (Å²) < 4.78 is 31.9. The van der Waals surface area contributed by atoms with Crippen LogP contribution in [0.5, 0.6) is 23.0 Å². The normalized spacial score (nSPS) is 13.0. The van der Waals surface area contributed by atoms with Crippen molar-refractivity contribution < 1.29 is 18.6 Å². The highest BCUT2D eigenvalue weighted by atomic mass is 19.1. The molecule has 2 heterocycles. The molecule has 0 saturated heterocycles. The van der Waals surface area contributed by atoms with E-state index in [0.717, 1.165) is 11.3 Å². The van der Waals surface area contributed by atoms with E-state index in [2.05, 4.69) is 22.1 Å². The van der Waals surface area contributed by atoms with Crippen LogP contribution in [0.15, 0.2) is 78.1 Å². The number of pyridine rings is 1. The minimum absolute atomic E-state index is 0.111. The molecule has 4 aromatic rings. The minimum atomic E-state index is -0.477. The lowest BCUT2D eigenvalue weighted by atomic mass is 10.1. The largest absolute Gasteiger partial charge is 0.493 e. The molecular formula is C28H24FN3O3. The molecule has 0 spiro atoms. The van der Waals surface area contributed by atoms with Crippen molar-refractivity contribution in [2.45, 2.75) is 6.92 Å². The number of methoxy groups -OCH3 is 2. The molecule has 0 atom stereocenters. The van der Waals surface area contributed by atoms with Crippen molar-refractivity contribution in [3.63, 3.8) is 0 Å². The Labute approximate surface area is 202 Å². The third-order valence-electron chi connectivity index (χ3n) is 5.82. The van der Waals surface area contributed by atoms with Crippen molar-refractivity contribution in [3.8, 4) is 23.0 Å². The number of nitrogens with zero attached hydrogens (tertiary/aromatic N) is 3. The molecule has 5 rings (SSSR count). The van der Waals surface area contributed by atoms with Crippen molar-refractivity contribution in [3.05, 3.63) is 90.0 Å². The molecule has 0 radical (unpaired) electrons. The van der Waals surface area contributed by atoms with Gasteiger partial charge in [0.2, 0.25) is 0 Å². The van der Waals surface area contributed by atoms with Gasteiger partial charge >= 0.3 is 0 Å². The maximum Gasteiger partial charge on any atom is 0.166 e. The van der Waals surface area contributed by atoms with Gasteiger partial charge in [0, 0.05) is 41.3 Å². The van der Waals surface area contributed by atoms with Crippen LogP contribution < -0.4 is 19.1 Å². The first-order valence-corrected chi connectivity index (χ1v) is 11.1. The lowest BCUT2D eigenvalue weighted by Crippen LogP contribution is -2.20. The SMILES string of the molecule is COc1cc2nccc(Oc3ccc(C4=CN(c5ccc(C)cc5)CN=C4)cc3F)c2cc1OC. The zero-order valence-corrected chi connectivity index (χ0v) is 19.7. The van der Waals surface area contributed by atoms with Gasteiger partial charge in [0.15, 0.2) is 23.1 Å². The number of aromatic nitrogens is 1. The highest BCUT2D eigenvalue weighted by Gasteiger charge is 2.15. The lowest BCUT2D eigenvalue weighted by Gasteiger charge is -2.23. The Balaban J connectivity index is 1.43. The predicted octanol–water partition coefficient (Wildman–Crippen LogP) is 6.38. The zero-order valence-electron chi connectivity index (χ0n) is 19.7. The summed E-state index contributed by atoms with van der Waals surface area (Å²) in [6.07, 6.45) is 5.35. The number of anilines is 1. The van der Waals surface area contributed by atoms with E-state index in [1.165, 1.54) is 11.6 Å². The Morgan fingerprint density at radius 3 is 2.37 bits per heavy atom. The monoisotopic (exact) mass is 469 g/mol. The second kappa shape index (κ2) is 9.46. The summed E-state index contributed by atoms with van der Waals surface area (Å²) >= 11 is 0. The summed E-state index contributed by atoms with van der Waals surface area (Å²) in [7, 11) is 3.12. The average Bonchev–Trinajstić information content (AvgIpc) is 2.89. The van der Waals surface area contributed by atoms with E-state index in [9.17, 15) is 0 Å². The Morgan fingerprint density at radius 2 is 1.63 bits per heavy atom. The molecule has 0 N–H and O–H groups in total. The van der Waals surface area contributed by atoms with Crippen molar-refractivity contribution in [1.82, 2.24) is 4.98 Å². The second-order valence-corrected chi connectivity index (χ2v) is 8.12. The number of allylic oxidation sites excluding steroid dienone is 1. The summed E-state index contributed by atoms with van der Waals surface area (Å²) in [5, 5.41) is 0.685. The number of rotatable bonds is 6.